The first-order chi connectivity index (χ1) is 9.63. The molecular weight excluding hydrogens is 254 g/mol. The van der Waals surface area contributed by atoms with Gasteiger partial charge in [0.15, 0.2) is 0 Å². The van der Waals surface area contributed by atoms with Crippen LogP contribution in [0.4, 0.5) is 5.82 Å². The molecule has 0 bridgehead atoms. The second-order valence-electron chi connectivity index (χ2n) is 4.59. The Bertz CT molecular complexity index is 617. The molecule has 5 nitrogen and oxygen atoms in total. The Kier molecular flexibility index (Phi) is 4.32. The van der Waals surface area contributed by atoms with Gasteiger partial charge in [0.2, 0.25) is 0 Å². The number of aryl methyl sites for hydroxylation is 1. The number of para-hydroxylation sites is 1. The fourth-order valence-electron chi connectivity index (χ4n) is 2.09. The lowest BCUT2D eigenvalue weighted by Crippen LogP contribution is -1.99. The van der Waals surface area contributed by atoms with Crippen molar-refractivity contribution in [3.05, 3.63) is 47.2 Å². The summed E-state index contributed by atoms with van der Waals surface area (Å²) in [7, 11) is 0. The zero-order valence-electron chi connectivity index (χ0n) is 11.1. The average Bonchev–Trinajstić information content (AvgIpc) is 2.78. The lowest BCUT2D eigenvalue weighted by molar-refractivity contribution is 0.288. The average molecular weight is 273 g/mol. The number of aliphatic hydroxyl groups excluding tert-OH is 1. The maximum Gasteiger partial charge on any atom is 0.124 e. The molecular formula is C15H19N3O2. The van der Waals surface area contributed by atoms with Crippen molar-refractivity contribution in [1.82, 2.24) is 4.98 Å². The minimum absolute atomic E-state index is 0.128. The van der Waals surface area contributed by atoms with E-state index in [-0.39, 0.29) is 12.4 Å². The van der Waals surface area contributed by atoms with Crippen LogP contribution in [0.15, 0.2) is 30.5 Å². The summed E-state index contributed by atoms with van der Waals surface area (Å²) in [4.78, 5) is 2.95. The first-order valence-electron chi connectivity index (χ1n) is 6.45. The first kappa shape index (κ1) is 14.0. The molecule has 1 heterocycles. The van der Waals surface area contributed by atoms with E-state index >= 15 is 0 Å². The normalized spacial score (nSPS) is 11.8. The van der Waals surface area contributed by atoms with Crippen molar-refractivity contribution in [2.24, 2.45) is 5.73 Å². The number of aliphatic hydroxyl groups is 1. The van der Waals surface area contributed by atoms with Crippen LogP contribution in [-0.2, 0) is 6.42 Å². The number of hydrogen-bond acceptors (Lipinski definition) is 4. The number of nitrogens with one attached hydrogen (secondary N) is 1. The van der Waals surface area contributed by atoms with Crippen LogP contribution < -0.4 is 11.5 Å². The highest BCUT2D eigenvalue weighted by atomic mass is 16.3. The van der Waals surface area contributed by atoms with Crippen molar-refractivity contribution >= 4 is 17.6 Å². The van der Waals surface area contributed by atoms with Crippen molar-refractivity contribution in [2.45, 2.75) is 12.8 Å². The van der Waals surface area contributed by atoms with Gasteiger partial charge in [-0.1, -0.05) is 12.1 Å². The third kappa shape index (κ3) is 2.95. The molecule has 0 fully saturated rings. The van der Waals surface area contributed by atoms with Crippen molar-refractivity contribution in [3.8, 4) is 5.75 Å². The minimum Gasteiger partial charge on any atom is -0.507 e. The summed E-state index contributed by atoms with van der Waals surface area (Å²) in [5, 5.41) is 18.7. The molecule has 0 saturated carbocycles. The van der Waals surface area contributed by atoms with E-state index in [0.29, 0.717) is 29.9 Å². The van der Waals surface area contributed by atoms with Gasteiger partial charge in [-0.2, -0.15) is 0 Å². The number of benzene rings is 1. The number of aromatic nitrogens is 1. The van der Waals surface area contributed by atoms with Crippen LogP contribution in [0.3, 0.4) is 0 Å². The molecule has 0 aliphatic carbocycles. The number of H-pyrrole nitrogens is 1. The summed E-state index contributed by atoms with van der Waals surface area (Å²) < 4.78 is 0. The van der Waals surface area contributed by atoms with E-state index in [1.54, 1.807) is 24.3 Å². The van der Waals surface area contributed by atoms with Crippen LogP contribution in [0.25, 0.3) is 11.8 Å². The second kappa shape index (κ2) is 6.16. The Morgan fingerprint density at radius 2 is 2.05 bits per heavy atom. The molecule has 0 amide bonds. The second-order valence-corrected chi connectivity index (χ2v) is 4.59. The number of phenols is 1. The van der Waals surface area contributed by atoms with Crippen LogP contribution in [0.1, 0.15) is 23.1 Å². The number of aromatic hydroxyl groups is 1. The van der Waals surface area contributed by atoms with Crippen LogP contribution in [0.5, 0.6) is 5.75 Å². The molecule has 0 atom stereocenters. The van der Waals surface area contributed by atoms with Gasteiger partial charge in [0.05, 0.1) is 0 Å². The van der Waals surface area contributed by atoms with Gasteiger partial charge in [-0.15, -0.1) is 0 Å². The number of anilines is 1. The third-order valence-corrected chi connectivity index (χ3v) is 3.16. The van der Waals surface area contributed by atoms with E-state index in [1.165, 1.54) is 0 Å². The highest BCUT2D eigenvalue weighted by Gasteiger charge is 2.09. The zero-order chi connectivity index (χ0) is 14.5. The molecule has 1 aromatic carbocycles. The SMILES string of the molecule is N/C(=C\c1c(CCCO)c[nH]c1N)c1ccccc1O. The lowest BCUT2D eigenvalue weighted by atomic mass is 10.0. The Morgan fingerprint density at radius 3 is 2.75 bits per heavy atom. The number of rotatable bonds is 5. The van der Waals surface area contributed by atoms with Crippen LogP contribution in [0.2, 0.25) is 0 Å². The molecule has 2 aromatic rings. The molecule has 0 spiro atoms. The van der Waals surface area contributed by atoms with E-state index in [0.717, 1.165) is 11.1 Å². The smallest absolute Gasteiger partial charge is 0.124 e. The van der Waals surface area contributed by atoms with E-state index < -0.39 is 0 Å². The van der Waals surface area contributed by atoms with Crippen LogP contribution >= 0.6 is 0 Å². The van der Waals surface area contributed by atoms with Crippen molar-refractivity contribution in [3.63, 3.8) is 0 Å². The topological polar surface area (TPSA) is 108 Å². The lowest BCUT2D eigenvalue weighted by Gasteiger charge is -2.06. The first-order valence-corrected chi connectivity index (χ1v) is 6.45. The van der Waals surface area contributed by atoms with Gasteiger partial charge in [0.25, 0.3) is 0 Å². The van der Waals surface area contributed by atoms with Gasteiger partial charge >= 0.3 is 0 Å². The molecule has 0 aliphatic heterocycles. The summed E-state index contributed by atoms with van der Waals surface area (Å²) in [5.74, 6) is 0.656. The molecule has 106 valence electrons. The minimum atomic E-state index is 0.128. The van der Waals surface area contributed by atoms with Crippen molar-refractivity contribution in [1.29, 1.82) is 0 Å². The Hall–Kier alpha value is -2.40. The standard InChI is InChI=1S/C15H19N3O2/c16-13(11-5-1-2-6-14(11)20)8-12-10(4-3-7-19)9-18-15(12)17/h1-2,5-6,8-9,18-20H,3-4,7,16-17H2/b13-8-. The summed E-state index contributed by atoms with van der Waals surface area (Å²) >= 11 is 0. The van der Waals surface area contributed by atoms with Crippen LogP contribution in [0, 0.1) is 0 Å². The largest absolute Gasteiger partial charge is 0.507 e. The van der Waals surface area contributed by atoms with E-state index in [2.05, 4.69) is 4.98 Å². The summed E-state index contributed by atoms with van der Waals surface area (Å²) in [6.45, 7) is 0.128. The van der Waals surface area contributed by atoms with Gasteiger partial charge in [-0.25, -0.2) is 0 Å². The molecule has 7 N–H and O–H groups in total. The number of phenolic OH excluding ortho intramolecular Hbond substituents is 1. The van der Waals surface area contributed by atoms with Gasteiger partial charge < -0.3 is 26.7 Å². The van der Waals surface area contributed by atoms with Crippen molar-refractivity contribution in [2.75, 3.05) is 12.3 Å². The molecule has 5 heteroatoms. The third-order valence-electron chi connectivity index (χ3n) is 3.16. The van der Waals surface area contributed by atoms with Gasteiger partial charge in [-0.3, -0.25) is 0 Å². The maximum absolute atomic E-state index is 9.80. The number of nitrogen functional groups attached to an aromatic ring is 1. The highest BCUT2D eigenvalue weighted by molar-refractivity contribution is 5.85. The quantitative estimate of drug-likeness (QED) is 0.571. The predicted octanol–water partition coefficient (Wildman–Crippen LogP) is 1.68. The Labute approximate surface area is 117 Å². The monoisotopic (exact) mass is 273 g/mol. The molecule has 1 aromatic heterocycles. The van der Waals surface area contributed by atoms with Gasteiger partial charge in [-0.05, 0) is 36.6 Å². The summed E-state index contributed by atoms with van der Waals surface area (Å²) in [5.41, 5.74) is 14.7. The number of nitrogens with two attached hydrogens (primary N) is 2. The molecule has 2 rings (SSSR count). The van der Waals surface area contributed by atoms with E-state index in [1.807, 2.05) is 12.3 Å². The van der Waals surface area contributed by atoms with Crippen molar-refractivity contribution < 1.29 is 10.2 Å². The van der Waals surface area contributed by atoms with Crippen LogP contribution in [-0.4, -0.2) is 21.8 Å². The number of aromatic amines is 1. The molecule has 0 unspecified atom stereocenters. The number of hydrogen-bond donors (Lipinski definition) is 5. The van der Waals surface area contributed by atoms with Gasteiger partial charge in [0.1, 0.15) is 11.6 Å². The van der Waals surface area contributed by atoms with E-state index in [4.69, 9.17) is 16.6 Å². The molecule has 20 heavy (non-hydrogen) atoms. The summed E-state index contributed by atoms with van der Waals surface area (Å²) in [6, 6.07) is 6.88. The zero-order valence-corrected chi connectivity index (χ0v) is 11.1. The maximum atomic E-state index is 9.80. The van der Waals surface area contributed by atoms with E-state index in [9.17, 15) is 5.11 Å². The fourth-order valence-corrected chi connectivity index (χ4v) is 2.09. The molecule has 0 aliphatic rings. The molecule has 0 saturated heterocycles. The summed E-state index contributed by atoms with van der Waals surface area (Å²) in [6.07, 6.45) is 4.93. The fraction of sp³-hybridized carbons (Fsp3) is 0.200. The molecule has 0 radical (unpaired) electrons. The van der Waals surface area contributed by atoms with Gasteiger partial charge in [0, 0.05) is 29.6 Å². The predicted molar refractivity (Wildman–Crippen MR) is 80.8 cm³/mol. The Morgan fingerprint density at radius 1 is 1.30 bits per heavy atom. The highest BCUT2D eigenvalue weighted by Crippen LogP contribution is 2.26. The Balaban J connectivity index is 2.35.